The van der Waals surface area contributed by atoms with Gasteiger partial charge >= 0.3 is 0 Å². The Bertz CT molecular complexity index is 711. The van der Waals surface area contributed by atoms with E-state index in [0.29, 0.717) is 12.1 Å². The van der Waals surface area contributed by atoms with Gasteiger partial charge in [0.25, 0.3) is 5.56 Å². The van der Waals surface area contributed by atoms with Crippen LogP contribution in [0.1, 0.15) is 11.1 Å². The van der Waals surface area contributed by atoms with Crippen molar-refractivity contribution < 1.29 is 4.74 Å². The molecule has 0 spiro atoms. The zero-order chi connectivity index (χ0) is 14.4. The van der Waals surface area contributed by atoms with Gasteiger partial charge in [0.15, 0.2) is 5.75 Å². The molecule has 100 valence electrons. The molecule has 0 radical (unpaired) electrons. The maximum absolute atomic E-state index is 12.2. The predicted octanol–water partition coefficient (Wildman–Crippen LogP) is 2.33. The van der Waals surface area contributed by atoms with Gasteiger partial charge in [-0.25, -0.2) is 0 Å². The summed E-state index contributed by atoms with van der Waals surface area (Å²) in [7, 11) is 0. The molecule has 0 saturated carbocycles. The lowest BCUT2D eigenvalue weighted by Crippen LogP contribution is -2.22. The number of hydrogen-bond acceptors (Lipinski definition) is 3. The fraction of sp³-hybridized carbons (Fsp3) is 0.125. The van der Waals surface area contributed by atoms with Crippen LogP contribution in [0, 0.1) is 11.3 Å². The third kappa shape index (κ3) is 2.96. The van der Waals surface area contributed by atoms with Crippen LogP contribution in [0.25, 0.3) is 0 Å². The molecular weight excluding hydrogens is 252 g/mol. The molecule has 20 heavy (non-hydrogen) atoms. The van der Waals surface area contributed by atoms with E-state index < -0.39 is 0 Å². The van der Waals surface area contributed by atoms with E-state index in [0.717, 1.165) is 5.56 Å². The van der Waals surface area contributed by atoms with Crippen molar-refractivity contribution in [3.05, 3.63) is 76.7 Å². The molecule has 4 nitrogen and oxygen atoms in total. The van der Waals surface area contributed by atoms with Crippen LogP contribution in [0.3, 0.4) is 0 Å². The molecule has 0 aliphatic heterocycles. The highest BCUT2D eigenvalue weighted by Crippen LogP contribution is 2.10. The molecule has 0 N–H and O–H groups in total. The van der Waals surface area contributed by atoms with Gasteiger partial charge in [-0.3, -0.25) is 4.79 Å². The first-order valence-electron chi connectivity index (χ1n) is 6.17. The monoisotopic (exact) mass is 266 g/mol. The van der Waals surface area contributed by atoms with Gasteiger partial charge < -0.3 is 9.30 Å². The van der Waals surface area contributed by atoms with Crippen LogP contribution in [0.15, 0.2) is 60.0 Å². The third-order valence-electron chi connectivity index (χ3n) is 2.82. The average molecular weight is 266 g/mol. The summed E-state index contributed by atoms with van der Waals surface area (Å²) in [5.41, 5.74) is 1.15. The number of rotatable bonds is 5. The molecule has 0 fully saturated rings. The van der Waals surface area contributed by atoms with E-state index in [1.165, 1.54) is 4.57 Å². The van der Waals surface area contributed by atoms with Crippen molar-refractivity contribution in [3.8, 4) is 11.8 Å². The molecule has 2 aromatic rings. The minimum Gasteiger partial charge on any atom is -0.484 e. The maximum Gasteiger partial charge on any atom is 0.293 e. The van der Waals surface area contributed by atoms with Crippen LogP contribution >= 0.6 is 0 Å². The summed E-state index contributed by atoms with van der Waals surface area (Å²) in [5, 5.41) is 9.06. The SMILES string of the molecule is C=CCOc1cccn(Cc2ccccc2C#N)c1=O. The molecule has 1 heterocycles. The number of hydrogen-bond donors (Lipinski definition) is 0. The number of pyridine rings is 1. The molecule has 0 amide bonds. The van der Waals surface area contributed by atoms with Gasteiger partial charge in [-0.2, -0.15) is 5.26 Å². The second-order valence-electron chi connectivity index (χ2n) is 4.17. The quantitative estimate of drug-likeness (QED) is 0.780. The largest absolute Gasteiger partial charge is 0.484 e. The summed E-state index contributed by atoms with van der Waals surface area (Å²) < 4.78 is 6.83. The van der Waals surface area contributed by atoms with Crippen LogP contribution < -0.4 is 10.3 Å². The van der Waals surface area contributed by atoms with Crippen molar-refractivity contribution in [2.75, 3.05) is 6.61 Å². The number of aromatic nitrogens is 1. The smallest absolute Gasteiger partial charge is 0.293 e. The summed E-state index contributed by atoms with van der Waals surface area (Å²) in [6.07, 6.45) is 3.26. The molecule has 0 saturated heterocycles. The summed E-state index contributed by atoms with van der Waals surface area (Å²) in [4.78, 5) is 12.2. The van der Waals surface area contributed by atoms with Crippen molar-refractivity contribution in [2.24, 2.45) is 0 Å². The van der Waals surface area contributed by atoms with Gasteiger partial charge in [-0.05, 0) is 23.8 Å². The Labute approximate surface area is 117 Å². The van der Waals surface area contributed by atoms with Gasteiger partial charge in [-0.15, -0.1) is 0 Å². The zero-order valence-corrected chi connectivity index (χ0v) is 11.0. The molecule has 1 aromatic heterocycles. The Hall–Kier alpha value is -2.80. The van der Waals surface area contributed by atoms with Gasteiger partial charge in [0, 0.05) is 6.20 Å². The highest BCUT2D eigenvalue weighted by molar-refractivity contribution is 5.37. The molecule has 0 atom stereocenters. The molecule has 0 unspecified atom stereocenters. The normalized spacial score (nSPS) is 9.75. The van der Waals surface area contributed by atoms with E-state index in [-0.39, 0.29) is 17.9 Å². The fourth-order valence-corrected chi connectivity index (χ4v) is 1.85. The summed E-state index contributed by atoms with van der Waals surface area (Å²) >= 11 is 0. The molecule has 0 aliphatic carbocycles. The van der Waals surface area contributed by atoms with Crippen LogP contribution in [-0.2, 0) is 6.54 Å². The van der Waals surface area contributed by atoms with Crippen molar-refractivity contribution in [1.29, 1.82) is 5.26 Å². The molecular formula is C16H14N2O2. The fourth-order valence-electron chi connectivity index (χ4n) is 1.85. The van der Waals surface area contributed by atoms with Gasteiger partial charge in [0.1, 0.15) is 6.61 Å². The van der Waals surface area contributed by atoms with E-state index in [9.17, 15) is 4.79 Å². The van der Waals surface area contributed by atoms with Gasteiger partial charge in [0.2, 0.25) is 0 Å². The first-order valence-corrected chi connectivity index (χ1v) is 6.17. The van der Waals surface area contributed by atoms with E-state index in [1.807, 2.05) is 12.1 Å². The Morgan fingerprint density at radius 1 is 1.30 bits per heavy atom. The van der Waals surface area contributed by atoms with Crippen LogP contribution in [-0.4, -0.2) is 11.2 Å². The standard InChI is InChI=1S/C16H14N2O2/c1-2-10-20-15-8-5-9-18(16(15)19)12-14-7-4-3-6-13(14)11-17/h2-9H,1,10,12H2. The van der Waals surface area contributed by atoms with Crippen molar-refractivity contribution in [3.63, 3.8) is 0 Å². The lowest BCUT2D eigenvalue weighted by Gasteiger charge is -2.09. The Morgan fingerprint density at radius 2 is 2.10 bits per heavy atom. The van der Waals surface area contributed by atoms with Crippen molar-refractivity contribution in [1.82, 2.24) is 4.57 Å². The molecule has 2 rings (SSSR count). The number of ether oxygens (including phenoxy) is 1. The molecule has 0 bridgehead atoms. The van der Waals surface area contributed by atoms with Crippen LogP contribution in [0.5, 0.6) is 5.75 Å². The minimum atomic E-state index is -0.220. The lowest BCUT2D eigenvalue weighted by molar-refractivity contribution is 0.354. The summed E-state index contributed by atoms with van der Waals surface area (Å²) in [5.74, 6) is 0.279. The third-order valence-corrected chi connectivity index (χ3v) is 2.82. The number of benzene rings is 1. The zero-order valence-electron chi connectivity index (χ0n) is 11.0. The van der Waals surface area contributed by atoms with Crippen LogP contribution in [0.2, 0.25) is 0 Å². The molecule has 0 aliphatic rings. The first kappa shape index (κ1) is 13.6. The highest BCUT2D eigenvalue weighted by Gasteiger charge is 2.06. The first-order chi connectivity index (χ1) is 9.76. The van der Waals surface area contributed by atoms with E-state index in [2.05, 4.69) is 12.6 Å². The summed E-state index contributed by atoms with van der Waals surface area (Å²) in [6.45, 7) is 4.18. The Balaban J connectivity index is 2.33. The van der Waals surface area contributed by atoms with E-state index in [1.54, 1.807) is 36.5 Å². The Morgan fingerprint density at radius 3 is 2.85 bits per heavy atom. The average Bonchev–Trinajstić information content (AvgIpc) is 2.48. The highest BCUT2D eigenvalue weighted by atomic mass is 16.5. The van der Waals surface area contributed by atoms with E-state index in [4.69, 9.17) is 10.00 Å². The lowest BCUT2D eigenvalue weighted by atomic mass is 10.1. The Kier molecular flexibility index (Phi) is 4.35. The molecule has 1 aromatic carbocycles. The van der Waals surface area contributed by atoms with Crippen molar-refractivity contribution >= 4 is 0 Å². The van der Waals surface area contributed by atoms with Crippen LogP contribution in [0.4, 0.5) is 0 Å². The topological polar surface area (TPSA) is 55.0 Å². The molecule has 4 heteroatoms. The maximum atomic E-state index is 12.2. The second kappa shape index (κ2) is 6.39. The number of nitriles is 1. The van der Waals surface area contributed by atoms with Gasteiger partial charge in [0.05, 0.1) is 18.2 Å². The summed E-state index contributed by atoms with van der Waals surface area (Å²) in [6, 6.07) is 12.7. The van der Waals surface area contributed by atoms with Gasteiger partial charge in [-0.1, -0.05) is 30.9 Å². The predicted molar refractivity (Wildman–Crippen MR) is 76.7 cm³/mol. The second-order valence-corrected chi connectivity index (χ2v) is 4.17. The van der Waals surface area contributed by atoms with E-state index >= 15 is 0 Å². The van der Waals surface area contributed by atoms with Crippen molar-refractivity contribution in [2.45, 2.75) is 6.54 Å². The minimum absolute atomic E-state index is 0.220. The number of nitrogens with zero attached hydrogens (tertiary/aromatic N) is 2.